The van der Waals surface area contributed by atoms with Crippen molar-refractivity contribution < 1.29 is 14.6 Å². The van der Waals surface area contributed by atoms with E-state index in [0.717, 1.165) is 4.88 Å². The summed E-state index contributed by atoms with van der Waals surface area (Å²) in [6.07, 6.45) is 0. The third kappa shape index (κ3) is 4.08. The molecule has 106 valence electrons. The van der Waals surface area contributed by atoms with Crippen molar-refractivity contribution >= 4 is 17.2 Å². The summed E-state index contributed by atoms with van der Waals surface area (Å²) in [4.78, 5) is 12.5. The van der Waals surface area contributed by atoms with Crippen LogP contribution in [0.2, 0.25) is 0 Å². The van der Waals surface area contributed by atoms with E-state index in [4.69, 9.17) is 4.74 Å². The predicted molar refractivity (Wildman–Crippen MR) is 78.8 cm³/mol. The first-order valence-electron chi connectivity index (χ1n) is 6.29. The largest absolute Gasteiger partial charge is 0.484 e. The van der Waals surface area contributed by atoms with Crippen molar-refractivity contribution in [3.63, 3.8) is 0 Å². The Kier molecular flexibility index (Phi) is 4.76. The van der Waals surface area contributed by atoms with Crippen LogP contribution in [0.15, 0.2) is 47.8 Å². The SMILES string of the molecule is C[C@](O)(CNC(=O)COc1ccccc1)c1cccs1. The monoisotopic (exact) mass is 291 g/mol. The highest BCUT2D eigenvalue weighted by atomic mass is 32.1. The molecule has 0 saturated heterocycles. The van der Waals surface area contributed by atoms with E-state index in [9.17, 15) is 9.90 Å². The van der Waals surface area contributed by atoms with Gasteiger partial charge in [-0.2, -0.15) is 0 Å². The summed E-state index contributed by atoms with van der Waals surface area (Å²) in [5.74, 6) is 0.387. The Labute approximate surface area is 122 Å². The van der Waals surface area contributed by atoms with Crippen LogP contribution in [0.4, 0.5) is 0 Å². The average Bonchev–Trinajstić information content (AvgIpc) is 2.99. The maximum atomic E-state index is 11.7. The van der Waals surface area contributed by atoms with Gasteiger partial charge in [0.05, 0.1) is 6.54 Å². The second-order valence-corrected chi connectivity index (χ2v) is 5.58. The van der Waals surface area contributed by atoms with E-state index >= 15 is 0 Å². The number of thiophene rings is 1. The first-order chi connectivity index (χ1) is 9.58. The quantitative estimate of drug-likeness (QED) is 0.857. The molecule has 1 aromatic carbocycles. The van der Waals surface area contributed by atoms with E-state index in [-0.39, 0.29) is 19.1 Å². The molecule has 0 spiro atoms. The van der Waals surface area contributed by atoms with Crippen LogP contribution in [0.1, 0.15) is 11.8 Å². The van der Waals surface area contributed by atoms with Crippen LogP contribution in [-0.2, 0) is 10.4 Å². The molecular formula is C15H17NO3S. The number of aliphatic hydroxyl groups is 1. The molecule has 4 nitrogen and oxygen atoms in total. The van der Waals surface area contributed by atoms with Gasteiger partial charge in [-0.05, 0) is 30.5 Å². The van der Waals surface area contributed by atoms with Crippen LogP contribution < -0.4 is 10.1 Å². The smallest absolute Gasteiger partial charge is 0.258 e. The summed E-state index contributed by atoms with van der Waals surface area (Å²) in [5, 5.41) is 14.8. The molecule has 1 aromatic heterocycles. The van der Waals surface area contributed by atoms with Gasteiger partial charge in [-0.25, -0.2) is 0 Å². The molecule has 0 saturated carbocycles. The predicted octanol–water partition coefficient (Wildman–Crippen LogP) is 2.15. The van der Waals surface area contributed by atoms with Crippen LogP contribution in [0.25, 0.3) is 0 Å². The normalized spacial score (nSPS) is 13.5. The molecule has 20 heavy (non-hydrogen) atoms. The van der Waals surface area contributed by atoms with E-state index in [1.165, 1.54) is 11.3 Å². The lowest BCUT2D eigenvalue weighted by atomic mass is 10.1. The van der Waals surface area contributed by atoms with Crippen molar-refractivity contribution in [1.82, 2.24) is 5.32 Å². The van der Waals surface area contributed by atoms with Gasteiger partial charge in [0.1, 0.15) is 11.4 Å². The lowest BCUT2D eigenvalue weighted by Gasteiger charge is -2.22. The Morgan fingerprint density at radius 2 is 2.05 bits per heavy atom. The summed E-state index contributed by atoms with van der Waals surface area (Å²) in [5.41, 5.74) is -1.06. The van der Waals surface area contributed by atoms with Gasteiger partial charge in [-0.1, -0.05) is 24.3 Å². The standard InChI is InChI=1S/C15H17NO3S/c1-15(18,13-8-5-9-20-13)11-16-14(17)10-19-12-6-3-2-4-7-12/h2-9,18H,10-11H2,1H3,(H,16,17)/t15-/m0/s1. The average molecular weight is 291 g/mol. The summed E-state index contributed by atoms with van der Waals surface area (Å²) >= 11 is 1.46. The zero-order chi connectivity index (χ0) is 14.4. The van der Waals surface area contributed by atoms with Crippen molar-refractivity contribution in [2.45, 2.75) is 12.5 Å². The molecule has 2 aromatic rings. The molecule has 0 radical (unpaired) electrons. The van der Waals surface area contributed by atoms with Crippen molar-refractivity contribution in [3.05, 3.63) is 52.7 Å². The van der Waals surface area contributed by atoms with Crippen molar-refractivity contribution in [2.75, 3.05) is 13.2 Å². The van der Waals surface area contributed by atoms with Gasteiger partial charge >= 0.3 is 0 Å². The molecule has 2 N–H and O–H groups in total. The van der Waals surface area contributed by atoms with Gasteiger partial charge in [0.15, 0.2) is 6.61 Å². The maximum absolute atomic E-state index is 11.7. The number of nitrogens with one attached hydrogen (secondary N) is 1. The zero-order valence-electron chi connectivity index (χ0n) is 11.2. The number of para-hydroxylation sites is 1. The van der Waals surface area contributed by atoms with Crippen LogP contribution >= 0.6 is 11.3 Å². The van der Waals surface area contributed by atoms with Gasteiger partial charge in [-0.3, -0.25) is 4.79 Å². The molecule has 0 unspecified atom stereocenters. The van der Waals surface area contributed by atoms with E-state index in [0.29, 0.717) is 5.75 Å². The lowest BCUT2D eigenvalue weighted by Crippen LogP contribution is -2.40. The number of carbonyl (C=O) groups is 1. The maximum Gasteiger partial charge on any atom is 0.258 e. The molecule has 1 heterocycles. The number of rotatable bonds is 6. The highest BCUT2D eigenvalue weighted by molar-refractivity contribution is 7.10. The highest BCUT2D eigenvalue weighted by Gasteiger charge is 2.24. The number of amides is 1. The molecular weight excluding hydrogens is 274 g/mol. The highest BCUT2D eigenvalue weighted by Crippen LogP contribution is 2.24. The Morgan fingerprint density at radius 3 is 2.70 bits per heavy atom. The first-order valence-corrected chi connectivity index (χ1v) is 7.17. The molecule has 0 fully saturated rings. The molecule has 1 amide bonds. The Balaban J connectivity index is 1.78. The lowest BCUT2D eigenvalue weighted by molar-refractivity contribution is -0.124. The summed E-state index contributed by atoms with van der Waals surface area (Å²) < 4.78 is 5.33. The van der Waals surface area contributed by atoms with Crippen LogP contribution in [0.3, 0.4) is 0 Å². The van der Waals surface area contributed by atoms with E-state index in [1.54, 1.807) is 19.1 Å². The molecule has 2 rings (SSSR count). The third-order valence-corrected chi connectivity index (χ3v) is 3.92. The summed E-state index contributed by atoms with van der Waals surface area (Å²) in [7, 11) is 0. The van der Waals surface area contributed by atoms with Gasteiger partial charge in [-0.15, -0.1) is 11.3 Å². The first kappa shape index (κ1) is 14.6. The number of ether oxygens (including phenoxy) is 1. The number of hydrogen-bond acceptors (Lipinski definition) is 4. The minimum Gasteiger partial charge on any atom is -0.484 e. The van der Waals surface area contributed by atoms with Gasteiger partial charge in [0.25, 0.3) is 5.91 Å². The number of carbonyl (C=O) groups excluding carboxylic acids is 1. The third-order valence-electron chi connectivity index (χ3n) is 2.79. The van der Waals surface area contributed by atoms with Crippen molar-refractivity contribution in [2.24, 2.45) is 0 Å². The van der Waals surface area contributed by atoms with Gasteiger partial charge < -0.3 is 15.2 Å². The Morgan fingerprint density at radius 1 is 1.30 bits per heavy atom. The van der Waals surface area contributed by atoms with Crippen LogP contribution in [0.5, 0.6) is 5.75 Å². The van der Waals surface area contributed by atoms with Crippen LogP contribution in [0, 0.1) is 0 Å². The van der Waals surface area contributed by atoms with E-state index in [2.05, 4.69) is 5.32 Å². The summed E-state index contributed by atoms with van der Waals surface area (Å²) in [6.45, 7) is 1.77. The molecule has 0 aliphatic heterocycles. The Hall–Kier alpha value is -1.85. The fourth-order valence-electron chi connectivity index (χ4n) is 1.66. The number of benzene rings is 1. The minimum absolute atomic E-state index is 0.0649. The second kappa shape index (κ2) is 6.54. The second-order valence-electron chi connectivity index (χ2n) is 4.63. The van der Waals surface area contributed by atoms with Crippen molar-refractivity contribution in [3.8, 4) is 5.75 Å². The fraction of sp³-hybridized carbons (Fsp3) is 0.267. The fourth-order valence-corrected chi connectivity index (χ4v) is 2.45. The van der Waals surface area contributed by atoms with Crippen molar-refractivity contribution in [1.29, 1.82) is 0 Å². The van der Waals surface area contributed by atoms with Crippen LogP contribution in [-0.4, -0.2) is 24.2 Å². The van der Waals surface area contributed by atoms with Gasteiger partial charge in [0, 0.05) is 4.88 Å². The minimum atomic E-state index is -1.06. The molecule has 0 aliphatic rings. The molecule has 0 bridgehead atoms. The summed E-state index contributed by atoms with van der Waals surface area (Å²) in [6, 6.07) is 12.9. The van der Waals surface area contributed by atoms with E-state index < -0.39 is 5.60 Å². The topological polar surface area (TPSA) is 58.6 Å². The Bertz CT molecular complexity index is 538. The van der Waals surface area contributed by atoms with Gasteiger partial charge in [0.2, 0.25) is 0 Å². The molecule has 0 aliphatic carbocycles. The zero-order valence-corrected chi connectivity index (χ0v) is 12.0. The molecule has 1 atom stereocenters. The molecule has 5 heteroatoms. The van der Waals surface area contributed by atoms with E-state index in [1.807, 2.05) is 35.7 Å². The number of hydrogen-bond donors (Lipinski definition) is 2.